The van der Waals surface area contributed by atoms with Gasteiger partial charge < -0.3 is 9.88 Å². The molecule has 0 spiro atoms. The molecule has 6 heteroatoms. The van der Waals surface area contributed by atoms with Crippen LogP contribution in [-0.4, -0.2) is 33.4 Å². The second-order valence-electron chi connectivity index (χ2n) is 6.62. The summed E-state index contributed by atoms with van der Waals surface area (Å²) in [7, 11) is 0. The fourth-order valence-corrected chi connectivity index (χ4v) is 3.65. The number of hydrogen-bond donors (Lipinski definition) is 1. The Bertz CT molecular complexity index is 855. The second kappa shape index (κ2) is 7.30. The summed E-state index contributed by atoms with van der Waals surface area (Å²) in [6.45, 7) is 4.37. The van der Waals surface area contributed by atoms with Gasteiger partial charge in [0.25, 0.3) is 5.56 Å². The number of fused-ring (bicyclic) bond motifs is 1. The number of carbonyl (C=O) groups is 1. The summed E-state index contributed by atoms with van der Waals surface area (Å²) in [6, 6.07) is 7.35. The van der Waals surface area contributed by atoms with Gasteiger partial charge >= 0.3 is 0 Å². The number of H-pyrrole nitrogens is 1. The van der Waals surface area contributed by atoms with Crippen LogP contribution < -0.4 is 5.56 Å². The van der Waals surface area contributed by atoms with Crippen LogP contribution in [0.1, 0.15) is 32.6 Å². The van der Waals surface area contributed by atoms with Crippen molar-refractivity contribution in [3.63, 3.8) is 0 Å². The third-order valence-corrected chi connectivity index (χ3v) is 4.99. The molecule has 1 aromatic heterocycles. The Hall–Kier alpha value is -1.95. The van der Waals surface area contributed by atoms with E-state index in [1.54, 1.807) is 10.6 Å². The van der Waals surface area contributed by atoms with Crippen LogP contribution in [0.3, 0.4) is 0 Å². The van der Waals surface area contributed by atoms with Gasteiger partial charge in [-0.3, -0.25) is 14.2 Å². The number of aromatic nitrogens is 2. The molecule has 0 aliphatic carbocycles. The predicted octanol–water partition coefficient (Wildman–Crippen LogP) is 3.10. The van der Waals surface area contributed by atoms with Crippen LogP contribution in [0.4, 0.5) is 0 Å². The zero-order valence-electron chi connectivity index (χ0n) is 14.0. The van der Waals surface area contributed by atoms with E-state index < -0.39 is 0 Å². The third-order valence-electron chi connectivity index (χ3n) is 4.67. The standard InChI is InChI=1S/C18H23N3O2S/c1-13-6-4-10-20(12-13)16(22)9-5-11-21-17(23)14-7-2-3-8-15(14)19-18(21)24/h2-3,7-8,13H,4-6,9-12H2,1H3,(H,19,24)/t13-/m0/s1. The lowest BCUT2D eigenvalue weighted by atomic mass is 10.00. The number of nitrogens with one attached hydrogen (secondary N) is 1. The lowest BCUT2D eigenvalue weighted by molar-refractivity contribution is -0.133. The minimum absolute atomic E-state index is 0.0895. The molecular formula is C18H23N3O2S. The fraction of sp³-hybridized carbons (Fsp3) is 0.500. The summed E-state index contributed by atoms with van der Waals surface area (Å²) in [5.74, 6) is 0.768. The normalized spacial score (nSPS) is 18.0. The highest BCUT2D eigenvalue weighted by Gasteiger charge is 2.20. The highest BCUT2D eigenvalue weighted by Crippen LogP contribution is 2.16. The minimum atomic E-state index is -0.0895. The topological polar surface area (TPSA) is 58.1 Å². The van der Waals surface area contributed by atoms with Crippen molar-refractivity contribution in [2.45, 2.75) is 39.2 Å². The van der Waals surface area contributed by atoms with Crippen LogP contribution in [0.2, 0.25) is 0 Å². The molecule has 1 aliphatic heterocycles. The van der Waals surface area contributed by atoms with Crippen molar-refractivity contribution < 1.29 is 4.79 Å². The maximum absolute atomic E-state index is 12.6. The molecule has 1 saturated heterocycles. The molecule has 5 nitrogen and oxygen atoms in total. The molecular weight excluding hydrogens is 322 g/mol. The number of carbonyl (C=O) groups excluding carboxylic acids is 1. The van der Waals surface area contributed by atoms with Gasteiger partial charge in [0.2, 0.25) is 5.91 Å². The van der Waals surface area contributed by atoms with Crippen molar-refractivity contribution in [3.05, 3.63) is 39.4 Å². The maximum Gasteiger partial charge on any atom is 0.262 e. The van der Waals surface area contributed by atoms with Crippen molar-refractivity contribution in [3.8, 4) is 0 Å². The van der Waals surface area contributed by atoms with E-state index in [2.05, 4.69) is 11.9 Å². The Morgan fingerprint density at radius 3 is 2.96 bits per heavy atom. The first-order valence-corrected chi connectivity index (χ1v) is 8.96. The molecule has 1 atom stereocenters. The molecule has 0 unspecified atom stereocenters. The smallest absolute Gasteiger partial charge is 0.262 e. The van der Waals surface area contributed by atoms with Crippen LogP contribution in [0.25, 0.3) is 10.9 Å². The number of likely N-dealkylation sites (tertiary alicyclic amines) is 1. The van der Waals surface area contributed by atoms with E-state index >= 15 is 0 Å². The summed E-state index contributed by atoms with van der Waals surface area (Å²) in [4.78, 5) is 29.9. The van der Waals surface area contributed by atoms with Gasteiger partial charge in [0, 0.05) is 26.1 Å². The number of amides is 1. The number of para-hydroxylation sites is 1. The van der Waals surface area contributed by atoms with Crippen molar-refractivity contribution in [2.75, 3.05) is 13.1 Å². The van der Waals surface area contributed by atoms with E-state index in [0.717, 1.165) is 25.0 Å². The minimum Gasteiger partial charge on any atom is -0.342 e. The van der Waals surface area contributed by atoms with E-state index in [1.165, 1.54) is 6.42 Å². The summed E-state index contributed by atoms with van der Waals surface area (Å²) >= 11 is 5.30. The Balaban J connectivity index is 1.67. The van der Waals surface area contributed by atoms with Gasteiger partial charge in [-0.2, -0.15) is 0 Å². The molecule has 0 bridgehead atoms. The fourth-order valence-electron chi connectivity index (χ4n) is 3.36. The SMILES string of the molecule is C[C@H]1CCCN(C(=O)CCCn2c(=S)[nH]c3ccccc3c2=O)C1. The molecule has 0 saturated carbocycles. The summed E-state index contributed by atoms with van der Waals surface area (Å²) in [5.41, 5.74) is 0.663. The van der Waals surface area contributed by atoms with Crippen molar-refractivity contribution in [1.29, 1.82) is 0 Å². The number of hydrogen-bond acceptors (Lipinski definition) is 3. The van der Waals surface area contributed by atoms with E-state index in [-0.39, 0.29) is 11.5 Å². The molecule has 3 rings (SSSR count). The number of benzene rings is 1. The molecule has 1 N–H and O–H groups in total. The van der Waals surface area contributed by atoms with Gasteiger partial charge in [0.05, 0.1) is 10.9 Å². The van der Waals surface area contributed by atoms with Crippen LogP contribution in [0, 0.1) is 10.7 Å². The molecule has 2 heterocycles. The quantitative estimate of drug-likeness (QED) is 0.866. The van der Waals surface area contributed by atoms with E-state index in [9.17, 15) is 9.59 Å². The number of rotatable bonds is 4. The van der Waals surface area contributed by atoms with E-state index in [1.807, 2.05) is 23.1 Å². The first-order chi connectivity index (χ1) is 11.6. The van der Waals surface area contributed by atoms with Crippen molar-refractivity contribution in [2.24, 2.45) is 5.92 Å². The highest BCUT2D eigenvalue weighted by atomic mass is 32.1. The molecule has 1 amide bonds. The first kappa shape index (κ1) is 16.9. The van der Waals surface area contributed by atoms with Crippen LogP contribution in [-0.2, 0) is 11.3 Å². The van der Waals surface area contributed by atoms with E-state index in [4.69, 9.17) is 12.2 Å². The molecule has 1 aliphatic rings. The Morgan fingerprint density at radius 1 is 1.38 bits per heavy atom. The van der Waals surface area contributed by atoms with Crippen molar-refractivity contribution >= 4 is 29.0 Å². The Kier molecular flexibility index (Phi) is 5.14. The molecule has 0 radical (unpaired) electrons. The van der Waals surface area contributed by atoms with E-state index in [0.29, 0.717) is 35.5 Å². The summed E-state index contributed by atoms with van der Waals surface area (Å²) < 4.78 is 1.97. The average molecular weight is 345 g/mol. The molecule has 2 aromatic rings. The van der Waals surface area contributed by atoms with Crippen molar-refractivity contribution in [1.82, 2.24) is 14.5 Å². The van der Waals surface area contributed by atoms with Crippen LogP contribution in [0.15, 0.2) is 29.1 Å². The zero-order valence-corrected chi connectivity index (χ0v) is 14.8. The summed E-state index contributed by atoms with van der Waals surface area (Å²) in [5, 5.41) is 0.627. The number of piperidine rings is 1. The molecule has 1 aromatic carbocycles. The first-order valence-electron chi connectivity index (χ1n) is 8.56. The monoisotopic (exact) mass is 345 g/mol. The van der Waals surface area contributed by atoms with Gasteiger partial charge in [-0.05, 0) is 49.5 Å². The van der Waals surface area contributed by atoms with Gasteiger partial charge in [-0.25, -0.2) is 0 Å². The third kappa shape index (κ3) is 3.59. The average Bonchev–Trinajstić information content (AvgIpc) is 2.57. The summed E-state index contributed by atoms with van der Waals surface area (Å²) in [6.07, 6.45) is 3.37. The van der Waals surface area contributed by atoms with Gasteiger partial charge in [0.1, 0.15) is 0 Å². The molecule has 24 heavy (non-hydrogen) atoms. The largest absolute Gasteiger partial charge is 0.342 e. The number of aromatic amines is 1. The van der Waals surface area contributed by atoms with Crippen LogP contribution in [0.5, 0.6) is 0 Å². The Labute approximate surface area is 146 Å². The van der Waals surface area contributed by atoms with Crippen LogP contribution >= 0.6 is 12.2 Å². The molecule has 128 valence electrons. The van der Waals surface area contributed by atoms with Gasteiger partial charge in [-0.1, -0.05) is 19.1 Å². The lowest BCUT2D eigenvalue weighted by Gasteiger charge is -2.31. The maximum atomic E-state index is 12.6. The lowest BCUT2D eigenvalue weighted by Crippen LogP contribution is -2.39. The van der Waals surface area contributed by atoms with Gasteiger partial charge in [-0.15, -0.1) is 0 Å². The van der Waals surface area contributed by atoms with Gasteiger partial charge in [0.15, 0.2) is 4.77 Å². The molecule has 1 fully saturated rings. The second-order valence-corrected chi connectivity index (χ2v) is 7.01. The zero-order chi connectivity index (χ0) is 17.1. The Morgan fingerprint density at radius 2 is 2.17 bits per heavy atom. The highest BCUT2D eigenvalue weighted by molar-refractivity contribution is 7.71. The number of nitrogens with zero attached hydrogens (tertiary/aromatic N) is 2. The predicted molar refractivity (Wildman–Crippen MR) is 97.6 cm³/mol.